The third-order valence-corrected chi connectivity index (χ3v) is 4.75. The van der Waals surface area contributed by atoms with Crippen LogP contribution in [0.25, 0.3) is 43.1 Å². The van der Waals surface area contributed by atoms with Gasteiger partial charge in [-0.3, -0.25) is 0 Å². The van der Waals surface area contributed by atoms with E-state index in [1.807, 2.05) is 48.5 Å². The van der Waals surface area contributed by atoms with E-state index in [1.54, 1.807) is 12.1 Å². The van der Waals surface area contributed by atoms with Gasteiger partial charge in [0.15, 0.2) is 0 Å². The largest absolute Gasteiger partial charge is 0.206 e. The van der Waals surface area contributed by atoms with Crippen LogP contribution in [0.4, 0.5) is 8.78 Å². The number of benzene rings is 5. The molecular formula is C22H12F2. The predicted molar refractivity (Wildman–Crippen MR) is 96.4 cm³/mol. The molecule has 0 saturated heterocycles. The van der Waals surface area contributed by atoms with E-state index in [-0.39, 0.29) is 11.6 Å². The summed E-state index contributed by atoms with van der Waals surface area (Å²) in [5, 5.41) is 6.13. The summed E-state index contributed by atoms with van der Waals surface area (Å²) in [6, 6.07) is 21.8. The molecule has 5 aromatic carbocycles. The van der Waals surface area contributed by atoms with Gasteiger partial charge in [-0.1, -0.05) is 60.7 Å². The standard InChI is InChI=1S/C22H12F2/c23-17-5-1-3-13-7-9-15-11-12-16-10-8-14-4-2-6-18(24)20(14)22(16)21(15)19(13)17/h1-12H. The van der Waals surface area contributed by atoms with Gasteiger partial charge in [-0.2, -0.15) is 0 Å². The minimum absolute atomic E-state index is 0.279. The molecule has 5 rings (SSSR count). The van der Waals surface area contributed by atoms with E-state index in [1.165, 1.54) is 12.1 Å². The zero-order chi connectivity index (χ0) is 16.3. The lowest BCUT2D eigenvalue weighted by molar-refractivity contribution is 0.640. The Morgan fingerprint density at radius 1 is 0.375 bits per heavy atom. The van der Waals surface area contributed by atoms with Gasteiger partial charge in [-0.05, 0) is 33.7 Å². The van der Waals surface area contributed by atoms with Gasteiger partial charge in [0.25, 0.3) is 0 Å². The van der Waals surface area contributed by atoms with E-state index in [0.717, 1.165) is 32.3 Å². The molecule has 2 heteroatoms. The average molecular weight is 314 g/mol. The van der Waals surface area contributed by atoms with Gasteiger partial charge < -0.3 is 0 Å². The maximum absolute atomic E-state index is 14.7. The molecule has 5 aromatic rings. The minimum Gasteiger partial charge on any atom is -0.206 e. The summed E-state index contributed by atoms with van der Waals surface area (Å²) in [4.78, 5) is 0. The molecule has 0 atom stereocenters. The third kappa shape index (κ3) is 1.71. The molecule has 0 aliphatic heterocycles. The molecular weight excluding hydrogens is 302 g/mol. The molecule has 0 unspecified atom stereocenters. The lowest BCUT2D eigenvalue weighted by Gasteiger charge is -2.12. The zero-order valence-corrected chi connectivity index (χ0v) is 12.7. The maximum atomic E-state index is 14.7. The highest BCUT2D eigenvalue weighted by Crippen LogP contribution is 2.38. The Kier molecular flexibility index (Phi) is 2.66. The van der Waals surface area contributed by atoms with E-state index in [9.17, 15) is 8.78 Å². The van der Waals surface area contributed by atoms with Crippen molar-refractivity contribution in [2.45, 2.75) is 0 Å². The van der Waals surface area contributed by atoms with Crippen molar-refractivity contribution in [1.82, 2.24) is 0 Å². The Balaban J connectivity index is 2.22. The number of hydrogen-bond acceptors (Lipinski definition) is 0. The summed E-state index contributed by atoms with van der Waals surface area (Å²) in [6.45, 7) is 0. The summed E-state index contributed by atoms with van der Waals surface area (Å²) in [5.74, 6) is -0.558. The van der Waals surface area contributed by atoms with Crippen LogP contribution < -0.4 is 0 Å². The fourth-order valence-corrected chi connectivity index (χ4v) is 3.70. The van der Waals surface area contributed by atoms with Gasteiger partial charge in [-0.25, -0.2) is 8.78 Å². The highest BCUT2D eigenvalue weighted by molar-refractivity contribution is 6.27. The van der Waals surface area contributed by atoms with E-state index in [0.29, 0.717) is 10.8 Å². The first-order valence-corrected chi connectivity index (χ1v) is 7.85. The Labute approximate surface area is 136 Å². The first kappa shape index (κ1) is 13.4. The smallest absolute Gasteiger partial charge is 0.131 e. The van der Waals surface area contributed by atoms with Crippen LogP contribution in [0.5, 0.6) is 0 Å². The molecule has 0 spiro atoms. The molecule has 0 aliphatic carbocycles. The second-order valence-corrected chi connectivity index (χ2v) is 6.07. The monoisotopic (exact) mass is 314 g/mol. The van der Waals surface area contributed by atoms with Crippen LogP contribution in [0.3, 0.4) is 0 Å². The van der Waals surface area contributed by atoms with E-state index < -0.39 is 0 Å². The van der Waals surface area contributed by atoms with Gasteiger partial charge in [0, 0.05) is 21.5 Å². The SMILES string of the molecule is Fc1cccc2ccc3ccc4ccc5cccc(F)c5c4c3c12. The molecule has 0 nitrogen and oxygen atoms in total. The quantitative estimate of drug-likeness (QED) is 0.283. The normalized spacial score (nSPS) is 11.8. The maximum Gasteiger partial charge on any atom is 0.131 e. The van der Waals surface area contributed by atoms with Crippen molar-refractivity contribution in [2.24, 2.45) is 0 Å². The number of fused-ring (bicyclic) bond motifs is 7. The number of rotatable bonds is 0. The molecule has 0 aliphatic rings. The summed E-state index contributed by atoms with van der Waals surface area (Å²) in [5.41, 5.74) is 0. The van der Waals surface area contributed by atoms with Crippen molar-refractivity contribution < 1.29 is 8.78 Å². The van der Waals surface area contributed by atoms with E-state index >= 15 is 0 Å². The third-order valence-electron chi connectivity index (χ3n) is 4.75. The van der Waals surface area contributed by atoms with Gasteiger partial charge in [0.05, 0.1) is 0 Å². The van der Waals surface area contributed by atoms with Crippen molar-refractivity contribution in [1.29, 1.82) is 0 Å². The Hall–Kier alpha value is -3.00. The van der Waals surface area contributed by atoms with Crippen molar-refractivity contribution in [3.05, 3.63) is 84.4 Å². The topological polar surface area (TPSA) is 0 Å². The van der Waals surface area contributed by atoms with Crippen molar-refractivity contribution in [3.8, 4) is 0 Å². The second kappa shape index (κ2) is 4.75. The molecule has 0 N–H and O–H groups in total. The lowest BCUT2D eigenvalue weighted by atomic mass is 9.92. The van der Waals surface area contributed by atoms with Crippen molar-refractivity contribution >= 4 is 43.1 Å². The molecule has 0 heterocycles. The van der Waals surface area contributed by atoms with Gasteiger partial charge in [-0.15, -0.1) is 0 Å². The van der Waals surface area contributed by atoms with Crippen molar-refractivity contribution in [3.63, 3.8) is 0 Å². The first-order valence-electron chi connectivity index (χ1n) is 7.85. The highest BCUT2D eigenvalue weighted by Gasteiger charge is 2.13. The summed E-state index contributed by atoms with van der Waals surface area (Å²) < 4.78 is 29.3. The first-order chi connectivity index (χ1) is 11.7. The fourth-order valence-electron chi connectivity index (χ4n) is 3.70. The van der Waals surface area contributed by atoms with Gasteiger partial charge in [0.1, 0.15) is 11.6 Å². The molecule has 0 saturated carbocycles. The van der Waals surface area contributed by atoms with Crippen LogP contribution in [0.1, 0.15) is 0 Å². The summed E-state index contributed by atoms with van der Waals surface area (Å²) in [7, 11) is 0. The fraction of sp³-hybridized carbons (Fsp3) is 0. The Bertz CT molecular complexity index is 1160. The number of halogens is 2. The number of hydrogen-bond donors (Lipinski definition) is 0. The lowest BCUT2D eigenvalue weighted by Crippen LogP contribution is -1.88. The molecule has 0 radical (unpaired) electrons. The highest BCUT2D eigenvalue weighted by atomic mass is 19.1. The van der Waals surface area contributed by atoms with Gasteiger partial charge >= 0.3 is 0 Å². The van der Waals surface area contributed by atoms with Crippen LogP contribution in [0, 0.1) is 11.6 Å². The molecule has 0 bridgehead atoms. The van der Waals surface area contributed by atoms with Crippen LogP contribution in [0.15, 0.2) is 72.8 Å². The van der Waals surface area contributed by atoms with Crippen LogP contribution in [-0.4, -0.2) is 0 Å². The van der Waals surface area contributed by atoms with Gasteiger partial charge in [0.2, 0.25) is 0 Å². The average Bonchev–Trinajstić information content (AvgIpc) is 2.61. The van der Waals surface area contributed by atoms with E-state index in [4.69, 9.17) is 0 Å². The van der Waals surface area contributed by atoms with E-state index in [2.05, 4.69) is 0 Å². The predicted octanol–water partition coefficient (Wildman–Crippen LogP) is 6.58. The van der Waals surface area contributed by atoms with Crippen LogP contribution >= 0.6 is 0 Å². The zero-order valence-electron chi connectivity index (χ0n) is 12.7. The van der Waals surface area contributed by atoms with Crippen molar-refractivity contribution in [2.75, 3.05) is 0 Å². The molecule has 114 valence electrons. The summed E-state index contributed by atoms with van der Waals surface area (Å²) in [6.07, 6.45) is 0. The molecule has 0 amide bonds. The molecule has 24 heavy (non-hydrogen) atoms. The minimum atomic E-state index is -0.279. The Morgan fingerprint density at radius 3 is 1.08 bits per heavy atom. The summed E-state index contributed by atoms with van der Waals surface area (Å²) >= 11 is 0. The molecule has 0 fully saturated rings. The van der Waals surface area contributed by atoms with Crippen LogP contribution in [0.2, 0.25) is 0 Å². The Morgan fingerprint density at radius 2 is 0.708 bits per heavy atom. The van der Waals surface area contributed by atoms with Crippen LogP contribution in [-0.2, 0) is 0 Å². The molecule has 0 aromatic heterocycles. The second-order valence-electron chi connectivity index (χ2n) is 6.07.